The molecule has 7 heteroatoms. The quantitative estimate of drug-likeness (QED) is 0.790. The lowest BCUT2D eigenvalue weighted by molar-refractivity contribution is 0.0818. The first kappa shape index (κ1) is 18.0. The zero-order chi connectivity index (χ0) is 17.4. The summed E-state index contributed by atoms with van der Waals surface area (Å²) in [6, 6.07) is 13.5. The van der Waals surface area contributed by atoms with Crippen molar-refractivity contribution in [2.45, 2.75) is 19.5 Å². The number of ether oxygens (including phenoxy) is 1. The molecular formula is C17H17ClF2N2O2. The topological polar surface area (TPSA) is 50.4 Å². The number of hydrogen-bond donors (Lipinski definition) is 2. The molecule has 0 aromatic heterocycles. The Bertz CT molecular complexity index is 666. The Kier molecular flexibility index (Phi) is 6.81. The second-order valence-electron chi connectivity index (χ2n) is 5.01. The van der Waals surface area contributed by atoms with E-state index in [1.807, 2.05) is 12.1 Å². The molecule has 0 saturated heterocycles. The van der Waals surface area contributed by atoms with Crippen molar-refractivity contribution in [1.82, 2.24) is 10.6 Å². The van der Waals surface area contributed by atoms with Gasteiger partial charge < -0.3 is 15.4 Å². The number of halogens is 3. The molecule has 4 nitrogen and oxygen atoms in total. The van der Waals surface area contributed by atoms with Crippen molar-refractivity contribution in [3.8, 4) is 5.75 Å². The van der Waals surface area contributed by atoms with Gasteiger partial charge in [0.1, 0.15) is 12.4 Å². The molecule has 0 heterocycles. The van der Waals surface area contributed by atoms with Crippen LogP contribution in [0.15, 0.2) is 48.5 Å². The van der Waals surface area contributed by atoms with Gasteiger partial charge in [-0.2, -0.15) is 0 Å². The van der Waals surface area contributed by atoms with Gasteiger partial charge in [0, 0.05) is 18.1 Å². The number of carbonyl (C=O) groups is 1. The molecule has 2 amide bonds. The van der Waals surface area contributed by atoms with Crippen LogP contribution in [0.5, 0.6) is 5.75 Å². The average Bonchev–Trinajstić information content (AvgIpc) is 2.58. The summed E-state index contributed by atoms with van der Waals surface area (Å²) in [6.07, 6.45) is -2.52. The van der Waals surface area contributed by atoms with Crippen LogP contribution in [0.25, 0.3) is 0 Å². The van der Waals surface area contributed by atoms with E-state index < -0.39 is 13.0 Å². The van der Waals surface area contributed by atoms with E-state index in [9.17, 15) is 13.6 Å². The van der Waals surface area contributed by atoms with Gasteiger partial charge in [-0.15, -0.1) is 0 Å². The van der Waals surface area contributed by atoms with Crippen molar-refractivity contribution >= 4 is 17.6 Å². The van der Waals surface area contributed by atoms with Crippen molar-refractivity contribution in [2.24, 2.45) is 0 Å². The highest BCUT2D eigenvalue weighted by Crippen LogP contribution is 2.14. The second-order valence-corrected chi connectivity index (χ2v) is 5.45. The monoisotopic (exact) mass is 354 g/mol. The molecule has 0 bridgehead atoms. The lowest BCUT2D eigenvalue weighted by atomic mass is 10.2. The molecule has 0 unspecified atom stereocenters. The first-order valence-electron chi connectivity index (χ1n) is 7.29. The normalized spacial score (nSPS) is 10.5. The maximum absolute atomic E-state index is 12.1. The second kappa shape index (κ2) is 9.08. The van der Waals surface area contributed by atoms with Crippen molar-refractivity contribution in [2.75, 3.05) is 6.61 Å². The standard InChI is InChI=1S/C17H17ClF2N2O2/c18-14-6-4-12(5-7-14)9-21-17(23)22-10-13-2-1-3-15(8-13)24-11-16(19)20/h1-8,16H,9-11H2,(H2,21,22,23). The lowest BCUT2D eigenvalue weighted by Gasteiger charge is -2.10. The van der Waals surface area contributed by atoms with Crippen molar-refractivity contribution < 1.29 is 18.3 Å². The minimum atomic E-state index is -2.52. The summed E-state index contributed by atoms with van der Waals surface area (Å²) < 4.78 is 29.2. The van der Waals surface area contributed by atoms with Crippen molar-refractivity contribution in [3.05, 3.63) is 64.7 Å². The minimum Gasteiger partial charge on any atom is -0.488 e. The Morgan fingerprint density at radius 2 is 1.71 bits per heavy atom. The largest absolute Gasteiger partial charge is 0.488 e. The van der Waals surface area contributed by atoms with E-state index in [-0.39, 0.29) is 12.6 Å². The molecule has 2 aromatic rings. The van der Waals surface area contributed by atoms with E-state index in [1.54, 1.807) is 36.4 Å². The number of alkyl halides is 2. The number of hydrogen-bond acceptors (Lipinski definition) is 2. The van der Waals surface area contributed by atoms with Crippen LogP contribution in [0.3, 0.4) is 0 Å². The van der Waals surface area contributed by atoms with Crippen LogP contribution in [-0.4, -0.2) is 19.1 Å². The summed E-state index contributed by atoms with van der Waals surface area (Å²) in [4.78, 5) is 11.8. The van der Waals surface area contributed by atoms with E-state index in [4.69, 9.17) is 16.3 Å². The molecule has 0 aliphatic carbocycles. The molecular weight excluding hydrogens is 338 g/mol. The van der Waals surface area contributed by atoms with Gasteiger partial charge in [-0.05, 0) is 35.4 Å². The zero-order valence-electron chi connectivity index (χ0n) is 12.8. The maximum atomic E-state index is 12.1. The Morgan fingerprint density at radius 3 is 2.38 bits per heavy atom. The Labute approximate surface area is 143 Å². The molecule has 0 aliphatic rings. The Balaban J connectivity index is 1.76. The molecule has 0 saturated carbocycles. The number of rotatable bonds is 7. The fourth-order valence-electron chi connectivity index (χ4n) is 1.93. The van der Waals surface area contributed by atoms with Gasteiger partial charge in [0.2, 0.25) is 0 Å². The van der Waals surface area contributed by atoms with Gasteiger partial charge in [0.05, 0.1) is 0 Å². The van der Waals surface area contributed by atoms with Crippen molar-refractivity contribution in [1.29, 1.82) is 0 Å². The smallest absolute Gasteiger partial charge is 0.315 e. The van der Waals surface area contributed by atoms with Crippen LogP contribution >= 0.6 is 11.6 Å². The van der Waals surface area contributed by atoms with Gasteiger partial charge >= 0.3 is 6.03 Å². The Hall–Kier alpha value is -2.34. The molecule has 24 heavy (non-hydrogen) atoms. The van der Waals surface area contributed by atoms with Crippen LogP contribution in [0.1, 0.15) is 11.1 Å². The van der Waals surface area contributed by atoms with Crippen LogP contribution in [0.2, 0.25) is 5.02 Å². The fraction of sp³-hybridized carbons (Fsp3) is 0.235. The lowest BCUT2D eigenvalue weighted by Crippen LogP contribution is -2.34. The van der Waals surface area contributed by atoms with E-state index in [1.165, 1.54) is 0 Å². The predicted octanol–water partition coefficient (Wildman–Crippen LogP) is 3.98. The van der Waals surface area contributed by atoms with Gasteiger partial charge in [0.25, 0.3) is 6.43 Å². The molecule has 128 valence electrons. The van der Waals surface area contributed by atoms with E-state index >= 15 is 0 Å². The van der Waals surface area contributed by atoms with Gasteiger partial charge in [-0.1, -0.05) is 35.9 Å². The maximum Gasteiger partial charge on any atom is 0.315 e. The van der Waals surface area contributed by atoms with Crippen LogP contribution < -0.4 is 15.4 Å². The number of amides is 2. The number of nitrogens with one attached hydrogen (secondary N) is 2. The summed E-state index contributed by atoms with van der Waals surface area (Å²) in [5.74, 6) is 0.344. The first-order valence-corrected chi connectivity index (χ1v) is 7.67. The van der Waals surface area contributed by atoms with Gasteiger partial charge in [0.15, 0.2) is 0 Å². The molecule has 2 aromatic carbocycles. The summed E-state index contributed by atoms with van der Waals surface area (Å²) in [5, 5.41) is 6.05. The molecule has 0 spiro atoms. The Morgan fingerprint density at radius 1 is 1.04 bits per heavy atom. The molecule has 0 atom stereocenters. The first-order chi connectivity index (χ1) is 11.5. The van der Waals surface area contributed by atoms with E-state index in [0.717, 1.165) is 11.1 Å². The minimum absolute atomic E-state index is 0.262. The van der Waals surface area contributed by atoms with E-state index in [2.05, 4.69) is 10.6 Å². The third-order valence-corrected chi connectivity index (χ3v) is 3.35. The summed E-state index contributed by atoms with van der Waals surface area (Å²) >= 11 is 5.79. The summed E-state index contributed by atoms with van der Waals surface area (Å²) in [6.45, 7) is -0.0165. The average molecular weight is 355 g/mol. The number of carbonyl (C=O) groups excluding carboxylic acids is 1. The fourth-order valence-corrected chi connectivity index (χ4v) is 2.06. The number of benzene rings is 2. The molecule has 2 N–H and O–H groups in total. The highest BCUT2D eigenvalue weighted by Gasteiger charge is 2.05. The van der Waals surface area contributed by atoms with Crippen molar-refractivity contribution in [3.63, 3.8) is 0 Å². The SMILES string of the molecule is O=C(NCc1ccc(Cl)cc1)NCc1cccc(OCC(F)F)c1. The summed E-state index contributed by atoms with van der Waals surface area (Å²) in [7, 11) is 0. The third-order valence-electron chi connectivity index (χ3n) is 3.09. The van der Waals surface area contributed by atoms with Gasteiger partial charge in [-0.25, -0.2) is 13.6 Å². The summed E-state index contributed by atoms with van der Waals surface area (Å²) in [5.41, 5.74) is 1.68. The predicted molar refractivity (Wildman–Crippen MR) is 88.5 cm³/mol. The molecule has 0 aliphatic heterocycles. The van der Waals surface area contributed by atoms with Gasteiger partial charge in [-0.3, -0.25) is 0 Å². The highest BCUT2D eigenvalue weighted by atomic mass is 35.5. The molecule has 0 radical (unpaired) electrons. The highest BCUT2D eigenvalue weighted by molar-refractivity contribution is 6.30. The molecule has 0 fully saturated rings. The van der Waals surface area contributed by atoms with E-state index in [0.29, 0.717) is 17.3 Å². The zero-order valence-corrected chi connectivity index (χ0v) is 13.5. The van der Waals surface area contributed by atoms with Crippen LogP contribution in [0, 0.1) is 0 Å². The molecule has 2 rings (SSSR count). The van der Waals surface area contributed by atoms with Crippen LogP contribution in [0.4, 0.5) is 13.6 Å². The van der Waals surface area contributed by atoms with Crippen LogP contribution in [-0.2, 0) is 13.1 Å². The third kappa shape index (κ3) is 6.42. The number of urea groups is 1.